The molecule has 1 heterocycles. The predicted octanol–water partition coefficient (Wildman–Crippen LogP) is 2.49. The van der Waals surface area contributed by atoms with E-state index in [4.69, 9.17) is 5.73 Å². The third-order valence-electron chi connectivity index (χ3n) is 4.11. The molecular weight excluding hydrogens is 302 g/mol. The summed E-state index contributed by atoms with van der Waals surface area (Å²) in [5.74, 6) is 0.445. The Morgan fingerprint density at radius 1 is 1.08 bits per heavy atom. The zero-order valence-electron chi connectivity index (χ0n) is 14.1. The Balaban J connectivity index is 1.88. The molecule has 2 aromatic carbocycles. The van der Waals surface area contributed by atoms with E-state index < -0.39 is 0 Å². The number of rotatable bonds is 4. The van der Waals surface area contributed by atoms with Crippen molar-refractivity contribution in [3.63, 3.8) is 0 Å². The summed E-state index contributed by atoms with van der Waals surface area (Å²) in [6.45, 7) is 6.57. The summed E-state index contributed by atoms with van der Waals surface area (Å²) in [5.41, 5.74) is 10.2. The van der Waals surface area contributed by atoms with Gasteiger partial charge >= 0.3 is 5.69 Å². The van der Waals surface area contributed by atoms with Crippen molar-refractivity contribution in [2.75, 3.05) is 5.73 Å². The molecule has 24 heavy (non-hydrogen) atoms. The van der Waals surface area contributed by atoms with Gasteiger partial charge < -0.3 is 5.73 Å². The van der Waals surface area contributed by atoms with Crippen LogP contribution in [0.3, 0.4) is 0 Å². The highest BCUT2D eigenvalue weighted by Crippen LogP contribution is 2.16. The Bertz CT molecular complexity index is 906. The average Bonchev–Trinajstić information content (AvgIpc) is 2.92. The van der Waals surface area contributed by atoms with Crippen molar-refractivity contribution >= 4 is 5.69 Å². The van der Waals surface area contributed by atoms with Crippen molar-refractivity contribution in [2.45, 2.75) is 33.2 Å². The fraction of sp³-hybridized carbons (Fsp3) is 0.278. The summed E-state index contributed by atoms with van der Waals surface area (Å²) in [7, 11) is 0. The molecule has 6 nitrogen and oxygen atoms in total. The van der Waals surface area contributed by atoms with Crippen LogP contribution in [-0.2, 0) is 6.54 Å². The van der Waals surface area contributed by atoms with E-state index in [9.17, 15) is 4.79 Å². The molecule has 3 rings (SSSR count). The largest absolute Gasteiger partial charge is 0.399 e. The van der Waals surface area contributed by atoms with E-state index in [2.05, 4.69) is 24.3 Å². The molecule has 0 fully saturated rings. The third-order valence-corrected chi connectivity index (χ3v) is 4.11. The first kappa shape index (κ1) is 16.0. The van der Waals surface area contributed by atoms with Gasteiger partial charge in [-0.1, -0.05) is 38.1 Å². The van der Waals surface area contributed by atoms with E-state index in [1.54, 1.807) is 0 Å². The highest BCUT2D eigenvalue weighted by Gasteiger charge is 2.10. The standard InChI is InChI=1S/C18H21N5O/c1-12(2)15-5-7-16(8-6-15)23-18(24)22(20-21-23)11-14-4-9-17(19)13(3)10-14/h4-10,12H,11,19H2,1-3H3. The monoisotopic (exact) mass is 323 g/mol. The second kappa shape index (κ2) is 6.31. The van der Waals surface area contributed by atoms with Crippen molar-refractivity contribution in [1.82, 2.24) is 19.8 Å². The maximum absolute atomic E-state index is 12.5. The van der Waals surface area contributed by atoms with E-state index >= 15 is 0 Å². The third kappa shape index (κ3) is 3.08. The molecule has 0 aliphatic rings. The van der Waals surface area contributed by atoms with Crippen LogP contribution < -0.4 is 11.4 Å². The van der Waals surface area contributed by atoms with Gasteiger partial charge in [0.05, 0.1) is 12.2 Å². The van der Waals surface area contributed by atoms with Crippen molar-refractivity contribution in [3.05, 3.63) is 69.6 Å². The Morgan fingerprint density at radius 3 is 2.42 bits per heavy atom. The summed E-state index contributed by atoms with van der Waals surface area (Å²) in [6, 6.07) is 13.5. The molecule has 124 valence electrons. The van der Waals surface area contributed by atoms with Gasteiger partial charge in [0, 0.05) is 5.69 Å². The number of aromatic nitrogens is 4. The molecule has 0 unspecified atom stereocenters. The Labute approximate surface area is 140 Å². The molecule has 0 amide bonds. The lowest BCUT2D eigenvalue weighted by atomic mass is 10.0. The highest BCUT2D eigenvalue weighted by molar-refractivity contribution is 5.47. The molecule has 0 bridgehead atoms. The molecule has 0 spiro atoms. The van der Waals surface area contributed by atoms with Crippen LogP contribution >= 0.6 is 0 Å². The van der Waals surface area contributed by atoms with Gasteiger partial charge in [-0.05, 0) is 58.2 Å². The first-order chi connectivity index (χ1) is 11.5. The van der Waals surface area contributed by atoms with Crippen molar-refractivity contribution < 1.29 is 0 Å². The molecule has 0 saturated carbocycles. The van der Waals surface area contributed by atoms with E-state index in [-0.39, 0.29) is 5.69 Å². The number of hydrogen-bond donors (Lipinski definition) is 1. The average molecular weight is 323 g/mol. The van der Waals surface area contributed by atoms with Crippen molar-refractivity contribution in [3.8, 4) is 5.69 Å². The SMILES string of the molecule is Cc1cc(Cn2nnn(-c3ccc(C(C)C)cc3)c2=O)ccc1N. The van der Waals surface area contributed by atoms with Gasteiger partial charge in [0.2, 0.25) is 0 Å². The van der Waals surface area contributed by atoms with Gasteiger partial charge in [-0.25, -0.2) is 4.79 Å². The number of benzene rings is 2. The van der Waals surface area contributed by atoms with Crippen molar-refractivity contribution in [1.29, 1.82) is 0 Å². The van der Waals surface area contributed by atoms with E-state index in [0.717, 1.165) is 16.8 Å². The molecule has 0 aliphatic carbocycles. The van der Waals surface area contributed by atoms with Gasteiger partial charge in [0.25, 0.3) is 0 Å². The van der Waals surface area contributed by atoms with Crippen LogP contribution in [0.2, 0.25) is 0 Å². The number of nitrogens with two attached hydrogens (primary N) is 1. The number of aryl methyl sites for hydroxylation is 1. The summed E-state index contributed by atoms with van der Waals surface area (Å²) >= 11 is 0. The van der Waals surface area contributed by atoms with Crippen LogP contribution in [0.5, 0.6) is 0 Å². The Kier molecular flexibility index (Phi) is 4.20. The van der Waals surface area contributed by atoms with Gasteiger partial charge in [0.15, 0.2) is 0 Å². The van der Waals surface area contributed by atoms with Gasteiger partial charge in [-0.2, -0.15) is 9.36 Å². The molecule has 0 atom stereocenters. The van der Waals surface area contributed by atoms with Crippen LogP contribution in [-0.4, -0.2) is 19.8 Å². The number of hydrogen-bond acceptors (Lipinski definition) is 4. The Morgan fingerprint density at radius 2 is 1.79 bits per heavy atom. The Hall–Kier alpha value is -2.89. The van der Waals surface area contributed by atoms with Crippen LogP contribution in [0.15, 0.2) is 47.3 Å². The molecule has 0 saturated heterocycles. The number of nitrogens with zero attached hydrogens (tertiary/aromatic N) is 4. The molecule has 0 aliphatic heterocycles. The number of anilines is 1. The minimum Gasteiger partial charge on any atom is -0.399 e. The van der Waals surface area contributed by atoms with Crippen LogP contribution in [0, 0.1) is 6.92 Å². The maximum atomic E-state index is 12.5. The molecule has 3 aromatic rings. The van der Waals surface area contributed by atoms with E-state index in [1.807, 2.05) is 49.4 Å². The fourth-order valence-electron chi connectivity index (χ4n) is 2.54. The lowest BCUT2D eigenvalue weighted by Crippen LogP contribution is -2.24. The molecule has 2 N–H and O–H groups in total. The summed E-state index contributed by atoms with van der Waals surface area (Å²) in [4.78, 5) is 12.5. The maximum Gasteiger partial charge on any atom is 0.368 e. The van der Waals surface area contributed by atoms with Gasteiger partial charge in [0.1, 0.15) is 0 Å². The predicted molar refractivity (Wildman–Crippen MR) is 94.4 cm³/mol. The van der Waals surface area contributed by atoms with E-state index in [0.29, 0.717) is 18.2 Å². The van der Waals surface area contributed by atoms with E-state index in [1.165, 1.54) is 14.9 Å². The summed E-state index contributed by atoms with van der Waals surface area (Å²) < 4.78 is 2.66. The smallest absolute Gasteiger partial charge is 0.368 e. The topological polar surface area (TPSA) is 78.7 Å². The quantitative estimate of drug-likeness (QED) is 0.748. The zero-order chi connectivity index (χ0) is 17.3. The molecule has 0 radical (unpaired) electrons. The van der Waals surface area contributed by atoms with Crippen molar-refractivity contribution in [2.24, 2.45) is 0 Å². The number of nitrogen functional groups attached to an aromatic ring is 1. The second-order valence-corrected chi connectivity index (χ2v) is 6.27. The highest BCUT2D eigenvalue weighted by atomic mass is 16.2. The van der Waals surface area contributed by atoms with Gasteiger partial charge in [-0.15, -0.1) is 0 Å². The lowest BCUT2D eigenvalue weighted by Gasteiger charge is -2.06. The minimum absolute atomic E-state index is 0.262. The normalized spacial score (nSPS) is 11.2. The lowest BCUT2D eigenvalue weighted by molar-refractivity contribution is 0.631. The van der Waals surface area contributed by atoms with Crippen LogP contribution in [0.1, 0.15) is 36.5 Å². The molecular formula is C18H21N5O. The molecule has 6 heteroatoms. The minimum atomic E-state index is -0.262. The zero-order valence-corrected chi connectivity index (χ0v) is 14.1. The number of tetrazole rings is 1. The fourth-order valence-corrected chi connectivity index (χ4v) is 2.54. The first-order valence-corrected chi connectivity index (χ1v) is 7.94. The second-order valence-electron chi connectivity index (χ2n) is 6.27. The first-order valence-electron chi connectivity index (χ1n) is 7.94. The van der Waals surface area contributed by atoms with Crippen LogP contribution in [0.4, 0.5) is 5.69 Å². The van der Waals surface area contributed by atoms with Crippen LogP contribution in [0.25, 0.3) is 5.69 Å². The summed E-state index contributed by atoms with van der Waals surface area (Å²) in [6.07, 6.45) is 0. The summed E-state index contributed by atoms with van der Waals surface area (Å²) in [5, 5.41) is 7.97. The molecule has 1 aromatic heterocycles. The van der Waals surface area contributed by atoms with Gasteiger partial charge in [-0.3, -0.25) is 0 Å².